The maximum atomic E-state index is 13.9. The third-order valence-corrected chi connectivity index (χ3v) is 9.89. The number of furan rings is 1. The quantitative estimate of drug-likeness (QED) is 0.0761. The molecular formula is C37H34ClN3O7S2. The molecule has 1 heterocycles. The molecule has 5 rings (SSSR count). The molecule has 0 fully saturated rings. The minimum absolute atomic E-state index is 0.0144. The van der Waals surface area contributed by atoms with Gasteiger partial charge in [0, 0.05) is 21.9 Å². The zero-order valence-corrected chi connectivity index (χ0v) is 29.3. The first kappa shape index (κ1) is 36.4. The van der Waals surface area contributed by atoms with E-state index in [1.54, 1.807) is 42.5 Å². The van der Waals surface area contributed by atoms with Gasteiger partial charge in [0.2, 0.25) is 0 Å². The maximum absolute atomic E-state index is 13.9. The Morgan fingerprint density at radius 2 is 1.66 bits per heavy atom. The summed E-state index contributed by atoms with van der Waals surface area (Å²) in [5.74, 6) is 0.473. The van der Waals surface area contributed by atoms with Crippen LogP contribution in [0.25, 0.3) is 22.5 Å². The smallest absolute Gasteiger partial charge is 0.364 e. The van der Waals surface area contributed by atoms with Crippen LogP contribution >= 0.6 is 23.4 Å². The fourth-order valence-electron chi connectivity index (χ4n) is 5.11. The van der Waals surface area contributed by atoms with Crippen LogP contribution in [0.3, 0.4) is 0 Å². The molecule has 1 amide bonds. The zero-order valence-electron chi connectivity index (χ0n) is 26.9. The molecule has 0 spiro atoms. The number of thioether (sulfide) groups is 1. The Bertz CT molecular complexity index is 2100. The highest BCUT2D eigenvalue weighted by atomic mass is 35.5. The lowest BCUT2D eigenvalue weighted by Gasteiger charge is -2.20. The van der Waals surface area contributed by atoms with Crippen molar-refractivity contribution >= 4 is 50.4 Å². The Kier molecular flexibility index (Phi) is 12.1. The third kappa shape index (κ3) is 9.63. The number of rotatable bonds is 14. The van der Waals surface area contributed by atoms with E-state index in [-0.39, 0.29) is 36.1 Å². The van der Waals surface area contributed by atoms with Crippen molar-refractivity contribution in [3.05, 3.63) is 137 Å². The number of amidine groups is 1. The summed E-state index contributed by atoms with van der Waals surface area (Å²) in [5.41, 5.74) is 10.5. The van der Waals surface area contributed by atoms with E-state index in [0.29, 0.717) is 39.4 Å². The second-order valence-electron chi connectivity index (χ2n) is 11.2. The van der Waals surface area contributed by atoms with Crippen LogP contribution in [0, 0.1) is 6.92 Å². The number of amides is 1. The molecule has 0 saturated carbocycles. The van der Waals surface area contributed by atoms with E-state index in [2.05, 4.69) is 9.71 Å². The summed E-state index contributed by atoms with van der Waals surface area (Å²) in [7, 11) is -4.19. The molecule has 13 heteroatoms. The summed E-state index contributed by atoms with van der Waals surface area (Å²) < 4.78 is 41.6. The highest BCUT2D eigenvalue weighted by Gasteiger charge is 2.24. The minimum atomic E-state index is -4.19. The van der Waals surface area contributed by atoms with Crippen molar-refractivity contribution in [2.75, 3.05) is 5.75 Å². The average molecular weight is 732 g/mol. The Labute approximate surface area is 299 Å². The molecule has 4 N–H and O–H groups in total. The predicted molar refractivity (Wildman–Crippen MR) is 196 cm³/mol. The highest BCUT2D eigenvalue weighted by molar-refractivity contribution is 8.13. The number of hydrogen-bond donors (Lipinski definition) is 3. The normalized spacial score (nSPS) is 12.4. The summed E-state index contributed by atoms with van der Waals surface area (Å²) in [4.78, 5) is 25.0. The van der Waals surface area contributed by atoms with E-state index in [0.717, 1.165) is 22.3 Å². The van der Waals surface area contributed by atoms with Gasteiger partial charge in [0.25, 0.3) is 15.9 Å². The number of carbonyl (C=O) groups is 2. The molecule has 50 heavy (non-hydrogen) atoms. The van der Waals surface area contributed by atoms with Gasteiger partial charge in [-0.2, -0.15) is 8.42 Å². The molecular weight excluding hydrogens is 698 g/mol. The molecule has 0 aliphatic carbocycles. The first-order valence-electron chi connectivity index (χ1n) is 15.4. The number of halogens is 1. The second kappa shape index (κ2) is 16.7. The van der Waals surface area contributed by atoms with Crippen LogP contribution < -0.4 is 11.1 Å². The largest absolute Gasteiger partial charge is 0.473 e. The maximum Gasteiger partial charge on any atom is 0.364 e. The molecule has 0 aliphatic rings. The van der Waals surface area contributed by atoms with Crippen molar-refractivity contribution < 1.29 is 32.3 Å². The number of carboxylic acid groups (broad SMARTS) is 1. The number of hydrogen-bond acceptors (Lipinski definition) is 7. The van der Waals surface area contributed by atoms with Crippen molar-refractivity contribution in [2.45, 2.75) is 37.5 Å². The number of nitrogens with two attached hydrogens (primary N) is 1. The van der Waals surface area contributed by atoms with Crippen LogP contribution in [0.15, 0.2) is 123 Å². The number of benzene rings is 4. The topological polar surface area (TPSA) is 161 Å². The van der Waals surface area contributed by atoms with E-state index in [4.69, 9.17) is 31.6 Å². The second-order valence-corrected chi connectivity index (χ2v) is 14.3. The molecule has 1 atom stereocenters. The van der Waals surface area contributed by atoms with E-state index in [9.17, 15) is 18.0 Å². The lowest BCUT2D eigenvalue weighted by Crippen LogP contribution is -2.45. The Morgan fingerprint density at radius 3 is 2.38 bits per heavy atom. The van der Waals surface area contributed by atoms with Gasteiger partial charge in [-0.05, 0) is 108 Å². The zero-order chi connectivity index (χ0) is 35.7. The van der Waals surface area contributed by atoms with Crippen molar-refractivity contribution in [3.8, 4) is 22.5 Å². The van der Waals surface area contributed by atoms with Gasteiger partial charge in [-0.25, -0.2) is 4.79 Å². The van der Waals surface area contributed by atoms with E-state index < -0.39 is 27.3 Å². The van der Waals surface area contributed by atoms with Crippen molar-refractivity contribution in [1.29, 1.82) is 0 Å². The molecule has 1 aromatic heterocycles. The standard InChI is InChI=1S/C37H34ClN3O7S2/c1-24-7-5-6-10-30(24)32-21-25(22-47-23-28-16-18-34(48-28)26-12-14-27(38)15-13-26)11-17-31(32)36(42)40-33(19-20-49-37(43)44)35(39)41-50(45,46)29-8-3-2-4-9-29/h2-18,21,33H,19-20,22-23H2,1H3,(H2,39,41)(H,40,42)(H,43,44)/t33-/m0/s1. The fourth-order valence-corrected chi connectivity index (χ4v) is 6.78. The first-order valence-corrected chi connectivity index (χ1v) is 18.2. The molecule has 258 valence electrons. The molecule has 0 radical (unpaired) electrons. The summed E-state index contributed by atoms with van der Waals surface area (Å²) in [6.45, 7) is 2.38. The predicted octanol–water partition coefficient (Wildman–Crippen LogP) is 7.94. The van der Waals surface area contributed by atoms with Gasteiger partial charge in [0.1, 0.15) is 24.0 Å². The van der Waals surface area contributed by atoms with E-state index >= 15 is 0 Å². The average Bonchev–Trinajstić information content (AvgIpc) is 3.57. The number of carbonyl (C=O) groups excluding carboxylic acids is 1. The van der Waals surface area contributed by atoms with E-state index in [1.165, 1.54) is 12.1 Å². The van der Waals surface area contributed by atoms with Crippen molar-refractivity contribution in [3.63, 3.8) is 0 Å². The van der Waals surface area contributed by atoms with Crippen LogP contribution in [-0.2, 0) is 28.0 Å². The Balaban J connectivity index is 1.37. The number of sulfonamides is 1. The van der Waals surface area contributed by atoms with Crippen LogP contribution in [0.1, 0.15) is 33.7 Å². The van der Waals surface area contributed by atoms with E-state index in [1.807, 2.05) is 61.5 Å². The summed E-state index contributed by atoms with van der Waals surface area (Å²) in [6, 6.07) is 30.4. The summed E-state index contributed by atoms with van der Waals surface area (Å²) in [5, 5.41) is 11.5. The number of ether oxygens (including phenoxy) is 1. The van der Waals surface area contributed by atoms with Crippen molar-refractivity contribution in [2.24, 2.45) is 10.1 Å². The molecule has 0 aliphatic heterocycles. The van der Waals surface area contributed by atoms with Gasteiger partial charge in [-0.15, -0.1) is 4.40 Å². The summed E-state index contributed by atoms with van der Waals surface area (Å²) in [6.07, 6.45) is 0.0144. The highest BCUT2D eigenvalue weighted by Crippen LogP contribution is 2.29. The van der Waals surface area contributed by atoms with Gasteiger partial charge in [-0.1, -0.05) is 60.1 Å². The summed E-state index contributed by atoms with van der Waals surface area (Å²) >= 11 is 6.60. The molecule has 0 unspecified atom stereocenters. The van der Waals surface area contributed by atoms with Crippen LogP contribution in [0.5, 0.6) is 0 Å². The molecule has 4 aromatic carbocycles. The van der Waals surface area contributed by atoms with Gasteiger partial charge in [-0.3, -0.25) is 4.79 Å². The molecule has 5 aromatic rings. The third-order valence-electron chi connectivity index (χ3n) is 7.63. The van der Waals surface area contributed by atoms with Crippen LogP contribution in [0.2, 0.25) is 5.02 Å². The lowest BCUT2D eigenvalue weighted by atomic mass is 9.93. The Hall–Kier alpha value is -4.88. The molecule has 10 nitrogen and oxygen atoms in total. The Morgan fingerprint density at radius 1 is 0.940 bits per heavy atom. The fraction of sp³-hybridized carbons (Fsp3) is 0.162. The lowest BCUT2D eigenvalue weighted by molar-refractivity contribution is 0.0930. The number of aryl methyl sites for hydroxylation is 1. The minimum Gasteiger partial charge on any atom is -0.473 e. The van der Waals surface area contributed by atoms with Gasteiger partial charge in [0.15, 0.2) is 0 Å². The molecule has 0 saturated heterocycles. The first-order chi connectivity index (χ1) is 24.0. The van der Waals surface area contributed by atoms with Gasteiger partial charge in [0.05, 0.1) is 17.5 Å². The van der Waals surface area contributed by atoms with Crippen LogP contribution in [0.4, 0.5) is 4.79 Å². The van der Waals surface area contributed by atoms with Crippen LogP contribution in [-0.4, -0.2) is 42.4 Å². The number of nitrogens with zero attached hydrogens (tertiary/aromatic N) is 1. The van der Waals surface area contributed by atoms with Gasteiger partial charge < -0.3 is 25.3 Å². The molecule has 0 bridgehead atoms. The van der Waals surface area contributed by atoms with Gasteiger partial charge >= 0.3 is 5.30 Å². The van der Waals surface area contributed by atoms with Crippen molar-refractivity contribution in [1.82, 2.24) is 5.32 Å². The monoisotopic (exact) mass is 731 g/mol. The SMILES string of the molecule is Cc1ccccc1-c1cc(COCc2ccc(-c3ccc(Cl)cc3)o2)ccc1C(=O)N[C@@H](CCSC(=O)O)C(N)=NS(=O)(=O)c1ccccc1. The number of nitrogens with one attached hydrogen (secondary N) is 1.